The van der Waals surface area contributed by atoms with Crippen LogP contribution in [0, 0.1) is 0 Å². The Hall–Kier alpha value is -4.13. The van der Waals surface area contributed by atoms with Gasteiger partial charge in [0, 0.05) is 30.7 Å². The second-order valence-electron chi connectivity index (χ2n) is 7.74. The topological polar surface area (TPSA) is 83.0 Å². The van der Waals surface area contributed by atoms with Gasteiger partial charge in [0.1, 0.15) is 18.1 Å². The Bertz CT molecular complexity index is 1220. The zero-order valence-electron chi connectivity index (χ0n) is 17.4. The predicted molar refractivity (Wildman–Crippen MR) is 121 cm³/mol. The van der Waals surface area contributed by atoms with Gasteiger partial charge in [-0.1, -0.05) is 24.3 Å². The molecule has 32 heavy (non-hydrogen) atoms. The van der Waals surface area contributed by atoms with E-state index in [1.54, 1.807) is 67.0 Å². The number of aliphatic hydroxyl groups excluding tert-OH is 1. The van der Waals surface area contributed by atoms with Gasteiger partial charge < -0.3 is 14.7 Å². The zero-order valence-corrected chi connectivity index (χ0v) is 17.4. The number of pyridine rings is 1. The number of para-hydroxylation sites is 1. The molecular formula is C25H21N3O4. The molecule has 2 aliphatic heterocycles. The number of likely N-dealkylation sites (N-methyl/N-ethyl adjacent to an activating group) is 1. The first-order chi connectivity index (χ1) is 15.6. The fraction of sp³-hybridized carbons (Fsp3) is 0.160. The average molecular weight is 427 g/mol. The number of ketones is 1. The van der Waals surface area contributed by atoms with Gasteiger partial charge in [-0.25, -0.2) is 0 Å². The second-order valence-corrected chi connectivity index (χ2v) is 7.74. The van der Waals surface area contributed by atoms with Crippen LogP contribution in [-0.4, -0.2) is 42.0 Å². The van der Waals surface area contributed by atoms with Crippen molar-refractivity contribution in [3.8, 4) is 5.75 Å². The summed E-state index contributed by atoms with van der Waals surface area (Å²) in [5, 5.41) is 11.3. The molecule has 2 aliphatic rings. The van der Waals surface area contributed by atoms with Crippen LogP contribution in [0.25, 0.3) is 5.76 Å². The molecule has 7 heteroatoms. The number of nitrogens with zero attached hydrogens (tertiary/aromatic N) is 3. The Balaban J connectivity index is 1.69. The molecule has 3 aromatic rings. The molecule has 1 N–H and O–H groups in total. The van der Waals surface area contributed by atoms with Gasteiger partial charge in [-0.2, -0.15) is 0 Å². The Labute approximate surface area is 185 Å². The fourth-order valence-electron chi connectivity index (χ4n) is 4.19. The van der Waals surface area contributed by atoms with Crippen molar-refractivity contribution in [2.24, 2.45) is 0 Å². The Morgan fingerprint density at radius 3 is 2.66 bits per heavy atom. The molecule has 1 atom stereocenters. The summed E-state index contributed by atoms with van der Waals surface area (Å²) in [6.07, 6.45) is 3.23. The molecule has 1 amide bonds. The molecule has 1 unspecified atom stereocenters. The highest BCUT2D eigenvalue weighted by molar-refractivity contribution is 6.51. The van der Waals surface area contributed by atoms with Gasteiger partial charge in [-0.3, -0.25) is 19.5 Å². The minimum atomic E-state index is -0.795. The number of anilines is 2. The van der Waals surface area contributed by atoms with Crippen molar-refractivity contribution in [3.63, 3.8) is 0 Å². The van der Waals surface area contributed by atoms with Crippen LogP contribution in [0.1, 0.15) is 17.2 Å². The molecule has 0 radical (unpaired) electrons. The third kappa shape index (κ3) is 3.19. The quantitative estimate of drug-likeness (QED) is 0.391. The molecule has 160 valence electrons. The Morgan fingerprint density at radius 1 is 1.09 bits per heavy atom. The summed E-state index contributed by atoms with van der Waals surface area (Å²) >= 11 is 0. The van der Waals surface area contributed by atoms with Gasteiger partial charge in [0.25, 0.3) is 11.7 Å². The van der Waals surface area contributed by atoms with E-state index in [-0.39, 0.29) is 11.3 Å². The summed E-state index contributed by atoms with van der Waals surface area (Å²) in [7, 11) is 1.94. The van der Waals surface area contributed by atoms with Crippen molar-refractivity contribution in [2.45, 2.75) is 6.04 Å². The molecule has 1 fully saturated rings. The maximum absolute atomic E-state index is 13.2. The van der Waals surface area contributed by atoms with Gasteiger partial charge in [-0.05, 0) is 42.0 Å². The number of aliphatic hydroxyl groups is 1. The van der Waals surface area contributed by atoms with E-state index >= 15 is 0 Å². The number of aromatic nitrogens is 1. The van der Waals surface area contributed by atoms with E-state index in [1.165, 1.54) is 4.90 Å². The molecule has 0 bridgehead atoms. The predicted octanol–water partition coefficient (Wildman–Crippen LogP) is 3.54. The first-order valence-corrected chi connectivity index (χ1v) is 10.3. The van der Waals surface area contributed by atoms with E-state index in [4.69, 9.17) is 4.74 Å². The van der Waals surface area contributed by atoms with Gasteiger partial charge in [-0.15, -0.1) is 0 Å². The first kappa shape index (κ1) is 19.8. The number of carbonyl (C=O) groups excluding carboxylic acids is 2. The smallest absolute Gasteiger partial charge is 0.300 e. The van der Waals surface area contributed by atoms with Gasteiger partial charge in [0.2, 0.25) is 0 Å². The largest absolute Gasteiger partial charge is 0.507 e. The van der Waals surface area contributed by atoms with E-state index in [0.29, 0.717) is 35.7 Å². The highest BCUT2D eigenvalue weighted by Gasteiger charge is 2.47. The first-order valence-electron chi connectivity index (χ1n) is 10.3. The van der Waals surface area contributed by atoms with Crippen molar-refractivity contribution >= 4 is 28.8 Å². The van der Waals surface area contributed by atoms with Crippen LogP contribution in [0.15, 0.2) is 78.6 Å². The van der Waals surface area contributed by atoms with Crippen LogP contribution < -0.4 is 14.5 Å². The number of Topliss-reactive ketones (excluding diaryl/α,β-unsaturated/α-hetero) is 1. The van der Waals surface area contributed by atoms with Gasteiger partial charge in [0.05, 0.1) is 23.8 Å². The van der Waals surface area contributed by atoms with Crippen molar-refractivity contribution in [1.29, 1.82) is 0 Å². The lowest BCUT2D eigenvalue weighted by Crippen LogP contribution is -2.29. The van der Waals surface area contributed by atoms with Gasteiger partial charge in [0.15, 0.2) is 0 Å². The van der Waals surface area contributed by atoms with Crippen LogP contribution >= 0.6 is 0 Å². The molecule has 0 spiro atoms. The number of amides is 1. The number of fused-ring (bicyclic) bond motifs is 1. The minimum absolute atomic E-state index is 0.0335. The summed E-state index contributed by atoms with van der Waals surface area (Å²) in [6.45, 7) is 1.29. The van der Waals surface area contributed by atoms with E-state index in [2.05, 4.69) is 4.98 Å². The van der Waals surface area contributed by atoms with Crippen molar-refractivity contribution < 1.29 is 19.4 Å². The highest BCUT2D eigenvalue weighted by Crippen LogP contribution is 2.43. The molecular weight excluding hydrogens is 406 g/mol. The van der Waals surface area contributed by atoms with Crippen LogP contribution in [0.4, 0.5) is 11.4 Å². The third-order valence-corrected chi connectivity index (χ3v) is 5.81. The molecule has 5 rings (SSSR count). The second kappa shape index (κ2) is 7.85. The molecule has 7 nitrogen and oxygen atoms in total. The maximum Gasteiger partial charge on any atom is 0.300 e. The van der Waals surface area contributed by atoms with E-state index < -0.39 is 17.7 Å². The number of carbonyl (C=O) groups is 2. The summed E-state index contributed by atoms with van der Waals surface area (Å²) in [4.78, 5) is 33.9. The highest BCUT2D eigenvalue weighted by atomic mass is 16.5. The molecule has 3 heterocycles. The van der Waals surface area contributed by atoms with E-state index in [1.807, 2.05) is 18.0 Å². The maximum atomic E-state index is 13.2. The van der Waals surface area contributed by atoms with Gasteiger partial charge >= 0.3 is 0 Å². The molecule has 0 saturated carbocycles. The van der Waals surface area contributed by atoms with Crippen molar-refractivity contribution in [2.75, 3.05) is 30.0 Å². The molecule has 1 saturated heterocycles. The zero-order chi connectivity index (χ0) is 22.2. The van der Waals surface area contributed by atoms with E-state index in [9.17, 15) is 14.7 Å². The Kier molecular flexibility index (Phi) is 4.86. The van der Waals surface area contributed by atoms with E-state index in [0.717, 1.165) is 5.69 Å². The lowest BCUT2D eigenvalue weighted by molar-refractivity contribution is -0.132. The lowest BCUT2D eigenvalue weighted by atomic mass is 9.95. The van der Waals surface area contributed by atoms with Crippen molar-refractivity contribution in [1.82, 2.24) is 4.98 Å². The standard InChI is InChI=1S/C25H21N3O4/c1-27-12-13-32-20-10-9-16(14-19(20)27)23(29)21-22(17-6-5-11-26-15-17)28(25(31)24(21)30)18-7-3-2-4-8-18/h2-11,14-15,22,29H,12-13H2,1H3/b23-21-. The normalized spacial score (nSPS) is 19.6. The summed E-state index contributed by atoms with van der Waals surface area (Å²) in [5.41, 5.74) is 2.50. The number of benzene rings is 2. The average Bonchev–Trinajstić information content (AvgIpc) is 3.10. The Morgan fingerprint density at radius 2 is 1.91 bits per heavy atom. The third-order valence-electron chi connectivity index (χ3n) is 5.81. The molecule has 2 aromatic carbocycles. The lowest BCUT2D eigenvalue weighted by Gasteiger charge is -2.28. The fourth-order valence-corrected chi connectivity index (χ4v) is 4.19. The minimum Gasteiger partial charge on any atom is -0.507 e. The number of ether oxygens (including phenoxy) is 1. The van der Waals surface area contributed by atoms with Crippen LogP contribution in [0.2, 0.25) is 0 Å². The van der Waals surface area contributed by atoms with Crippen LogP contribution in [0.3, 0.4) is 0 Å². The monoisotopic (exact) mass is 427 g/mol. The summed E-state index contributed by atoms with van der Waals surface area (Å²) in [5.74, 6) is -0.936. The number of rotatable bonds is 3. The number of hydrogen-bond donors (Lipinski definition) is 1. The van der Waals surface area contributed by atoms with Crippen molar-refractivity contribution in [3.05, 3.63) is 89.8 Å². The number of hydrogen-bond acceptors (Lipinski definition) is 6. The summed E-state index contributed by atoms with van der Waals surface area (Å²) < 4.78 is 5.68. The van der Waals surface area contributed by atoms with Crippen LogP contribution in [-0.2, 0) is 9.59 Å². The SMILES string of the molecule is CN1CCOc2ccc(/C(O)=C3/C(=O)C(=O)N(c4ccccc4)C3c3cccnc3)cc21. The summed E-state index contributed by atoms with van der Waals surface area (Å²) in [6, 6.07) is 17.0. The van der Waals surface area contributed by atoms with Crippen LogP contribution in [0.5, 0.6) is 5.75 Å². The molecule has 1 aromatic heterocycles. The molecule has 0 aliphatic carbocycles.